The number of nitrogens with zero attached hydrogens (tertiary/aromatic N) is 6. The van der Waals surface area contributed by atoms with Crippen LogP contribution in [-0.2, 0) is 36.0 Å². The summed E-state index contributed by atoms with van der Waals surface area (Å²) in [6, 6.07) is 11.8. The van der Waals surface area contributed by atoms with Crippen molar-refractivity contribution in [2.24, 2.45) is 0 Å². The van der Waals surface area contributed by atoms with Gasteiger partial charge in [0.25, 0.3) is 12.4 Å². The summed E-state index contributed by atoms with van der Waals surface area (Å²) in [4.78, 5) is 18.9. The molecule has 2 aliphatic heterocycles. The second kappa shape index (κ2) is 12.9. The first kappa shape index (κ1) is 28.3. The molecule has 0 N–H and O–H groups in total. The predicted molar refractivity (Wildman–Crippen MR) is 141 cm³/mol. The van der Waals surface area contributed by atoms with Crippen LogP contribution >= 0.6 is 0 Å². The fourth-order valence-electron chi connectivity index (χ4n) is 5.06. The van der Waals surface area contributed by atoms with Crippen LogP contribution in [0.1, 0.15) is 27.6 Å². The molecule has 0 fully saturated rings. The van der Waals surface area contributed by atoms with Crippen molar-refractivity contribution in [1.82, 2.24) is 14.7 Å². The van der Waals surface area contributed by atoms with Gasteiger partial charge in [0.05, 0.1) is 19.7 Å². The fourth-order valence-corrected chi connectivity index (χ4v) is 5.06. The maximum atomic E-state index is 16.4. The summed E-state index contributed by atoms with van der Waals surface area (Å²) in [5.41, 5.74) is 3.55. The van der Waals surface area contributed by atoms with E-state index in [4.69, 9.17) is 9.47 Å². The standard InChI is InChI=1S/C28H42FN6O3/c1-5-24-8-6-10-26-21-35(29,18-19-37-4)17-16-30(2)12-14-32(15-13-31(3)22-33(24)26)20-25-9-7-11-27-28(36)38-23-34(25)27/h5-11H,1,12-23H2,2-4H3/q+3. The van der Waals surface area contributed by atoms with Crippen LogP contribution < -0.4 is 9.13 Å². The van der Waals surface area contributed by atoms with Crippen molar-refractivity contribution in [1.29, 1.82) is 0 Å². The summed E-state index contributed by atoms with van der Waals surface area (Å²) in [5, 5.41) is 0. The highest BCUT2D eigenvalue weighted by Crippen LogP contribution is 2.16. The SMILES string of the molecule is C=Cc1cccc2[n+]1CN(C)CCN(Cc1cccc3[n+]1COC3=O)CCN(C)CC[N+](F)(CCOC)C2. The number of likely N-dealkylation sites (N-methyl/N-ethyl adjacent to an activating group) is 2. The Hall–Kier alpha value is -2.76. The van der Waals surface area contributed by atoms with Crippen LogP contribution in [0, 0.1) is 0 Å². The van der Waals surface area contributed by atoms with Crippen molar-refractivity contribution < 1.29 is 32.6 Å². The number of methoxy groups -OCH3 is 1. The van der Waals surface area contributed by atoms with Crippen molar-refractivity contribution in [3.05, 3.63) is 65.8 Å². The highest BCUT2D eigenvalue weighted by molar-refractivity contribution is 5.86. The quantitative estimate of drug-likeness (QED) is 0.319. The van der Waals surface area contributed by atoms with Crippen molar-refractivity contribution in [2.45, 2.75) is 26.5 Å². The molecule has 38 heavy (non-hydrogen) atoms. The Balaban J connectivity index is 1.59. The second-order valence-corrected chi connectivity index (χ2v) is 10.4. The smallest absolute Gasteiger partial charge is 0.397 e. The number of carbonyl (C=O) groups is 1. The lowest BCUT2D eigenvalue weighted by Crippen LogP contribution is -2.54. The van der Waals surface area contributed by atoms with Crippen LogP contribution in [0.15, 0.2) is 43.0 Å². The number of fused-ring (bicyclic) bond motifs is 2. The lowest BCUT2D eigenvalue weighted by molar-refractivity contribution is -1.07. The summed E-state index contributed by atoms with van der Waals surface area (Å²) in [5.74, 6) is -0.276. The van der Waals surface area contributed by atoms with Gasteiger partial charge in [0.2, 0.25) is 18.1 Å². The molecule has 1 unspecified atom stereocenters. The van der Waals surface area contributed by atoms with Gasteiger partial charge in [-0.3, -0.25) is 9.80 Å². The van der Waals surface area contributed by atoms with Gasteiger partial charge in [0.15, 0.2) is 12.2 Å². The molecular formula is C28H42FN6O3+3. The normalized spacial score (nSPS) is 22.4. The van der Waals surface area contributed by atoms with Crippen molar-refractivity contribution >= 4 is 12.0 Å². The van der Waals surface area contributed by atoms with E-state index < -0.39 is 4.71 Å². The fraction of sp³-hybridized carbons (Fsp3) is 0.536. The van der Waals surface area contributed by atoms with Crippen LogP contribution in [0.3, 0.4) is 0 Å². The average Bonchev–Trinajstić information content (AvgIpc) is 3.30. The zero-order chi connectivity index (χ0) is 27.1. The molecule has 2 aromatic heterocycles. The Morgan fingerprint density at radius 2 is 1.84 bits per heavy atom. The van der Waals surface area contributed by atoms with E-state index in [-0.39, 0.29) is 19.2 Å². The highest BCUT2D eigenvalue weighted by Gasteiger charge is 2.35. The molecule has 4 heterocycles. The van der Waals surface area contributed by atoms with Gasteiger partial charge >= 0.3 is 5.97 Å². The third kappa shape index (κ3) is 7.00. The van der Waals surface area contributed by atoms with Crippen molar-refractivity contribution in [3.63, 3.8) is 0 Å². The third-order valence-corrected chi connectivity index (χ3v) is 7.53. The van der Waals surface area contributed by atoms with E-state index in [9.17, 15) is 4.79 Å². The van der Waals surface area contributed by atoms with Gasteiger partial charge in [-0.15, -0.1) is 4.71 Å². The zero-order valence-electron chi connectivity index (χ0n) is 23.0. The Labute approximate surface area is 225 Å². The molecule has 9 nitrogen and oxygen atoms in total. The molecule has 0 saturated heterocycles. The number of rotatable bonds is 6. The largest absolute Gasteiger partial charge is 0.408 e. The van der Waals surface area contributed by atoms with Gasteiger partial charge in [-0.1, -0.05) is 6.58 Å². The van der Waals surface area contributed by atoms with Gasteiger partial charge in [0, 0.05) is 63.6 Å². The van der Waals surface area contributed by atoms with Gasteiger partial charge in [-0.25, -0.2) is 9.69 Å². The van der Waals surface area contributed by atoms with Gasteiger partial charge < -0.3 is 9.47 Å². The summed E-state index contributed by atoms with van der Waals surface area (Å²) in [7, 11) is 5.76. The maximum absolute atomic E-state index is 16.4. The minimum atomic E-state index is -0.590. The number of cyclic esters (lactones) is 1. The summed E-state index contributed by atoms with van der Waals surface area (Å²) in [6.07, 6.45) is 1.83. The van der Waals surface area contributed by atoms with E-state index in [0.717, 1.165) is 43.3 Å². The number of pyridine rings is 2. The molecule has 0 aliphatic carbocycles. The van der Waals surface area contributed by atoms with E-state index in [1.54, 1.807) is 13.2 Å². The molecule has 0 amide bonds. The van der Waals surface area contributed by atoms with Crippen molar-refractivity contribution in [3.8, 4) is 0 Å². The summed E-state index contributed by atoms with van der Waals surface area (Å²) < 4.78 is 30.4. The molecule has 0 radical (unpaired) electrons. The van der Waals surface area contributed by atoms with Crippen molar-refractivity contribution in [2.75, 3.05) is 73.6 Å². The third-order valence-electron chi connectivity index (χ3n) is 7.53. The van der Waals surface area contributed by atoms with E-state index >= 15 is 4.48 Å². The number of halogens is 1. The average molecular weight is 530 g/mol. The Morgan fingerprint density at radius 3 is 2.61 bits per heavy atom. The molecule has 1 atom stereocenters. The van der Waals surface area contributed by atoms with Gasteiger partial charge in [0.1, 0.15) is 13.1 Å². The lowest BCUT2D eigenvalue weighted by Gasteiger charge is -2.30. The lowest BCUT2D eigenvalue weighted by atomic mass is 10.2. The van der Waals surface area contributed by atoms with Crippen LogP contribution in [0.5, 0.6) is 0 Å². The number of aromatic nitrogens is 2. The second-order valence-electron chi connectivity index (χ2n) is 10.4. The molecule has 2 aliphatic rings. The van der Waals surface area contributed by atoms with E-state index in [0.29, 0.717) is 45.1 Å². The number of hydrogen-bond acceptors (Lipinski definition) is 6. The molecule has 2 aromatic rings. The Bertz CT molecular complexity index is 1130. The number of hydrogen-bond donors (Lipinski definition) is 0. The van der Waals surface area contributed by atoms with E-state index in [1.165, 1.54) is 0 Å². The monoisotopic (exact) mass is 529 g/mol. The van der Waals surface area contributed by atoms with Gasteiger partial charge in [-0.05, 0) is 30.7 Å². The number of carbonyl (C=O) groups excluding carboxylic acids is 1. The number of esters is 1. The van der Waals surface area contributed by atoms with E-state index in [1.807, 2.05) is 34.9 Å². The van der Waals surface area contributed by atoms with E-state index in [2.05, 4.69) is 46.0 Å². The minimum Gasteiger partial charge on any atom is -0.397 e. The Kier molecular flexibility index (Phi) is 9.56. The first-order valence-corrected chi connectivity index (χ1v) is 13.3. The van der Waals surface area contributed by atoms with Crippen LogP contribution in [0.2, 0.25) is 0 Å². The predicted octanol–water partition coefficient (Wildman–Crippen LogP) is 1.22. The molecule has 0 spiro atoms. The molecule has 10 heteroatoms. The number of quaternary nitrogens is 1. The summed E-state index contributed by atoms with van der Waals surface area (Å²) >= 11 is 0. The molecule has 206 valence electrons. The van der Waals surface area contributed by atoms with Gasteiger partial charge in [-0.2, -0.15) is 9.13 Å². The zero-order valence-corrected chi connectivity index (χ0v) is 23.0. The topological polar surface area (TPSA) is 53.0 Å². The highest BCUT2D eigenvalue weighted by atomic mass is 19.2. The molecule has 0 bridgehead atoms. The first-order chi connectivity index (χ1) is 18.3. The number of ether oxygens (including phenoxy) is 2. The molecule has 0 saturated carbocycles. The van der Waals surface area contributed by atoms with Crippen LogP contribution in [-0.4, -0.2) is 99.0 Å². The van der Waals surface area contributed by atoms with Crippen LogP contribution in [0.25, 0.3) is 6.08 Å². The molecule has 0 aromatic carbocycles. The molecular weight excluding hydrogens is 487 g/mol. The summed E-state index contributed by atoms with van der Waals surface area (Å²) in [6.45, 7) is 10.8. The van der Waals surface area contributed by atoms with Crippen LogP contribution in [0.4, 0.5) is 4.48 Å². The Morgan fingerprint density at radius 1 is 1.08 bits per heavy atom. The molecule has 4 rings (SSSR count). The minimum absolute atomic E-state index is 0.258. The maximum Gasteiger partial charge on any atom is 0.408 e. The first-order valence-electron chi connectivity index (χ1n) is 13.3.